The number of amides is 1. The fourth-order valence-corrected chi connectivity index (χ4v) is 3.49. The molecule has 8 heteroatoms. The van der Waals surface area contributed by atoms with Gasteiger partial charge in [-0.2, -0.15) is 0 Å². The van der Waals surface area contributed by atoms with E-state index in [0.717, 1.165) is 11.3 Å². The average Bonchev–Trinajstić information content (AvgIpc) is 3.11. The van der Waals surface area contributed by atoms with Crippen LogP contribution < -0.4 is 14.8 Å². The van der Waals surface area contributed by atoms with Gasteiger partial charge < -0.3 is 19.4 Å². The van der Waals surface area contributed by atoms with E-state index in [2.05, 4.69) is 10.3 Å². The number of benzene rings is 2. The number of nitrogens with zero attached hydrogens (tertiary/aromatic N) is 2. The summed E-state index contributed by atoms with van der Waals surface area (Å²) in [5.41, 5.74) is 1.18. The molecule has 0 saturated heterocycles. The van der Waals surface area contributed by atoms with Crippen LogP contribution in [-0.2, 0) is 7.05 Å². The minimum Gasteiger partial charge on any atom is -0.497 e. The highest BCUT2D eigenvalue weighted by atomic mass is 35.5. The van der Waals surface area contributed by atoms with Crippen LogP contribution in [0.4, 0.5) is 0 Å². The van der Waals surface area contributed by atoms with Crippen molar-refractivity contribution in [1.29, 1.82) is 0 Å². The van der Waals surface area contributed by atoms with Crippen molar-refractivity contribution in [1.82, 2.24) is 14.9 Å². The molecule has 1 aromatic heterocycles. The standard InChI is InChI=1S/C20H19Cl2N3O3/c1-25-9-8-23-19(25)17(12-4-6-14(27-2)7-5-12)24-20(26)13-10-15(21)18(28-3)16(22)11-13/h4-11,17H,1-3H3,(H,24,26). The SMILES string of the molecule is COc1ccc(C(NC(=O)c2cc(Cl)c(OC)c(Cl)c2)c2nccn2C)cc1. The molecule has 0 aliphatic carbocycles. The zero-order valence-corrected chi connectivity index (χ0v) is 17.1. The first-order chi connectivity index (χ1) is 13.4. The molecule has 1 amide bonds. The summed E-state index contributed by atoms with van der Waals surface area (Å²) in [5.74, 6) is 1.40. The first-order valence-corrected chi connectivity index (χ1v) is 9.15. The molecule has 3 rings (SSSR count). The average molecular weight is 420 g/mol. The lowest BCUT2D eigenvalue weighted by molar-refractivity contribution is 0.0941. The van der Waals surface area contributed by atoms with E-state index in [4.69, 9.17) is 32.7 Å². The van der Waals surface area contributed by atoms with Crippen molar-refractivity contribution in [2.45, 2.75) is 6.04 Å². The van der Waals surface area contributed by atoms with E-state index < -0.39 is 6.04 Å². The number of hydrogen-bond donors (Lipinski definition) is 1. The van der Waals surface area contributed by atoms with Gasteiger partial charge in [0.1, 0.15) is 17.6 Å². The summed E-state index contributed by atoms with van der Waals surface area (Å²) in [6.45, 7) is 0. The van der Waals surface area contributed by atoms with Gasteiger partial charge in [0.15, 0.2) is 5.75 Å². The molecule has 146 valence electrons. The molecule has 0 bridgehead atoms. The summed E-state index contributed by atoms with van der Waals surface area (Å²) in [5, 5.41) is 3.53. The molecule has 28 heavy (non-hydrogen) atoms. The molecule has 6 nitrogen and oxygen atoms in total. The molecule has 1 heterocycles. The Morgan fingerprint density at radius 1 is 1.11 bits per heavy atom. The molecule has 1 unspecified atom stereocenters. The molecule has 0 aliphatic rings. The van der Waals surface area contributed by atoms with Crippen LogP contribution in [0, 0.1) is 0 Å². The van der Waals surface area contributed by atoms with Gasteiger partial charge in [-0.1, -0.05) is 35.3 Å². The summed E-state index contributed by atoms with van der Waals surface area (Å²) < 4.78 is 12.2. The number of nitrogens with one attached hydrogen (secondary N) is 1. The Bertz CT molecular complexity index is 964. The third-order valence-electron chi connectivity index (χ3n) is 4.31. The summed E-state index contributed by atoms with van der Waals surface area (Å²) in [7, 11) is 4.93. The normalized spacial score (nSPS) is 11.8. The number of carbonyl (C=O) groups excluding carboxylic acids is 1. The van der Waals surface area contributed by atoms with Crippen molar-refractivity contribution in [3.05, 3.63) is 75.8 Å². The maximum atomic E-state index is 12.9. The minimum absolute atomic E-state index is 0.262. The third kappa shape index (κ3) is 4.08. The molecule has 0 radical (unpaired) electrons. The largest absolute Gasteiger partial charge is 0.497 e. The number of imidazole rings is 1. The van der Waals surface area contributed by atoms with Crippen LogP contribution in [-0.4, -0.2) is 29.7 Å². The topological polar surface area (TPSA) is 65.4 Å². The lowest BCUT2D eigenvalue weighted by Crippen LogP contribution is -2.31. The monoisotopic (exact) mass is 419 g/mol. The van der Waals surface area contributed by atoms with E-state index in [9.17, 15) is 4.79 Å². The minimum atomic E-state index is -0.474. The Balaban J connectivity index is 1.95. The van der Waals surface area contributed by atoms with Crippen LogP contribution >= 0.6 is 23.2 Å². The number of methoxy groups -OCH3 is 2. The maximum absolute atomic E-state index is 12.9. The quantitative estimate of drug-likeness (QED) is 0.647. The number of rotatable bonds is 6. The number of hydrogen-bond acceptors (Lipinski definition) is 4. The Morgan fingerprint density at radius 2 is 1.75 bits per heavy atom. The van der Waals surface area contributed by atoms with Gasteiger partial charge in [-0.25, -0.2) is 4.98 Å². The second-order valence-electron chi connectivity index (χ2n) is 6.05. The lowest BCUT2D eigenvalue weighted by atomic mass is 10.0. The Kier molecular flexibility index (Phi) is 6.11. The number of halogens is 2. The number of aryl methyl sites for hydroxylation is 1. The molecule has 1 atom stereocenters. The predicted molar refractivity (Wildman–Crippen MR) is 109 cm³/mol. The Labute approximate surface area is 173 Å². The van der Waals surface area contributed by atoms with Gasteiger partial charge in [0.2, 0.25) is 0 Å². The predicted octanol–water partition coefficient (Wildman–Crippen LogP) is 4.26. The first-order valence-electron chi connectivity index (χ1n) is 8.39. The van der Waals surface area contributed by atoms with Crippen LogP contribution in [0.2, 0.25) is 10.0 Å². The molecule has 1 N–H and O–H groups in total. The molecular formula is C20H19Cl2N3O3. The number of carbonyl (C=O) groups is 1. The van der Waals surface area contributed by atoms with Crippen molar-refractivity contribution in [3.63, 3.8) is 0 Å². The highest BCUT2D eigenvalue weighted by molar-refractivity contribution is 6.37. The van der Waals surface area contributed by atoms with Crippen molar-refractivity contribution in [2.24, 2.45) is 7.05 Å². The molecule has 0 saturated carbocycles. The van der Waals surface area contributed by atoms with E-state index in [-0.39, 0.29) is 16.0 Å². The van der Waals surface area contributed by atoms with Gasteiger partial charge in [-0.3, -0.25) is 4.79 Å². The summed E-state index contributed by atoms with van der Waals surface area (Å²) in [6, 6.07) is 9.99. The molecule has 3 aromatic rings. The maximum Gasteiger partial charge on any atom is 0.252 e. The van der Waals surface area contributed by atoms with Gasteiger partial charge in [0.05, 0.1) is 24.3 Å². The van der Waals surface area contributed by atoms with Crippen LogP contribution in [0.15, 0.2) is 48.8 Å². The van der Waals surface area contributed by atoms with E-state index in [0.29, 0.717) is 17.1 Å². The fourth-order valence-electron chi connectivity index (χ4n) is 2.85. The lowest BCUT2D eigenvalue weighted by Gasteiger charge is -2.20. The van der Waals surface area contributed by atoms with Gasteiger partial charge in [-0.05, 0) is 29.8 Å². The zero-order chi connectivity index (χ0) is 20.3. The van der Waals surface area contributed by atoms with Gasteiger partial charge >= 0.3 is 0 Å². The molecular weight excluding hydrogens is 401 g/mol. The smallest absolute Gasteiger partial charge is 0.252 e. The second-order valence-corrected chi connectivity index (χ2v) is 6.86. The Morgan fingerprint density at radius 3 is 2.25 bits per heavy atom. The van der Waals surface area contributed by atoms with Crippen molar-refractivity contribution in [2.75, 3.05) is 14.2 Å². The third-order valence-corrected chi connectivity index (χ3v) is 4.87. The highest BCUT2D eigenvalue weighted by Crippen LogP contribution is 2.34. The van der Waals surface area contributed by atoms with Gasteiger partial charge in [-0.15, -0.1) is 0 Å². The van der Waals surface area contributed by atoms with Crippen molar-refractivity contribution in [3.8, 4) is 11.5 Å². The van der Waals surface area contributed by atoms with Crippen molar-refractivity contribution < 1.29 is 14.3 Å². The van der Waals surface area contributed by atoms with E-state index >= 15 is 0 Å². The van der Waals surface area contributed by atoms with E-state index in [1.807, 2.05) is 42.1 Å². The molecule has 0 spiro atoms. The number of ether oxygens (including phenoxy) is 2. The van der Waals surface area contributed by atoms with E-state index in [1.165, 1.54) is 19.2 Å². The first kappa shape index (κ1) is 20.0. The van der Waals surface area contributed by atoms with Crippen LogP contribution in [0.3, 0.4) is 0 Å². The number of aromatic nitrogens is 2. The molecule has 0 aliphatic heterocycles. The summed E-state index contributed by atoms with van der Waals surface area (Å²) in [4.78, 5) is 17.3. The zero-order valence-electron chi connectivity index (χ0n) is 15.6. The van der Waals surface area contributed by atoms with Crippen LogP contribution in [0.25, 0.3) is 0 Å². The Hall–Kier alpha value is -2.70. The van der Waals surface area contributed by atoms with Crippen molar-refractivity contribution >= 4 is 29.1 Å². The summed E-state index contributed by atoms with van der Waals surface area (Å²) >= 11 is 12.3. The highest BCUT2D eigenvalue weighted by Gasteiger charge is 2.23. The van der Waals surface area contributed by atoms with Crippen LogP contribution in [0.1, 0.15) is 27.8 Å². The van der Waals surface area contributed by atoms with Gasteiger partial charge in [0, 0.05) is 25.0 Å². The van der Waals surface area contributed by atoms with Crippen LogP contribution in [0.5, 0.6) is 11.5 Å². The van der Waals surface area contributed by atoms with E-state index in [1.54, 1.807) is 13.3 Å². The molecule has 0 fully saturated rings. The molecule has 2 aromatic carbocycles. The summed E-state index contributed by atoms with van der Waals surface area (Å²) in [6.07, 6.45) is 3.50. The fraction of sp³-hybridized carbons (Fsp3) is 0.200. The second kappa shape index (κ2) is 8.54. The van der Waals surface area contributed by atoms with Gasteiger partial charge in [0.25, 0.3) is 5.91 Å².